The zero-order valence-corrected chi connectivity index (χ0v) is 8.92. The van der Waals surface area contributed by atoms with Crippen LogP contribution in [-0.2, 0) is 4.74 Å². The van der Waals surface area contributed by atoms with Crippen molar-refractivity contribution < 1.29 is 9.84 Å². The molecule has 1 unspecified atom stereocenters. The molecule has 0 fully saturated rings. The Hall–Kier alpha value is -0.0800. The molecule has 0 aliphatic rings. The fourth-order valence-electron chi connectivity index (χ4n) is 0.844. The van der Waals surface area contributed by atoms with Gasteiger partial charge in [0.05, 0.1) is 5.60 Å². The largest absolute Gasteiger partial charge is 0.368 e. The standard InChI is InChI=1S/C10H22O2/c1-6-10(5,7-2)12-9(11)8(3)4/h8-9,11H,6-7H2,1-5H3. The van der Waals surface area contributed by atoms with Gasteiger partial charge in [0.2, 0.25) is 0 Å². The summed E-state index contributed by atoms with van der Waals surface area (Å²) in [6.45, 7) is 10.1. The molecule has 0 radical (unpaired) electrons. The van der Waals surface area contributed by atoms with Gasteiger partial charge in [0.15, 0.2) is 6.29 Å². The van der Waals surface area contributed by atoms with Crippen LogP contribution in [0.25, 0.3) is 0 Å². The van der Waals surface area contributed by atoms with Crippen LogP contribution in [0.15, 0.2) is 0 Å². The van der Waals surface area contributed by atoms with E-state index in [1.165, 1.54) is 0 Å². The molecule has 0 aromatic heterocycles. The molecule has 0 aliphatic carbocycles. The van der Waals surface area contributed by atoms with Crippen LogP contribution in [0.3, 0.4) is 0 Å². The van der Waals surface area contributed by atoms with E-state index in [9.17, 15) is 5.11 Å². The molecule has 2 nitrogen and oxygen atoms in total. The molecule has 12 heavy (non-hydrogen) atoms. The number of hydrogen-bond donors (Lipinski definition) is 1. The number of ether oxygens (including phenoxy) is 1. The summed E-state index contributed by atoms with van der Waals surface area (Å²) < 4.78 is 5.55. The molecule has 0 saturated heterocycles. The van der Waals surface area contributed by atoms with Crippen LogP contribution in [0.4, 0.5) is 0 Å². The highest BCUT2D eigenvalue weighted by molar-refractivity contribution is 4.71. The lowest BCUT2D eigenvalue weighted by Gasteiger charge is -2.31. The van der Waals surface area contributed by atoms with Gasteiger partial charge in [-0.1, -0.05) is 27.7 Å². The quantitative estimate of drug-likeness (QED) is 0.649. The van der Waals surface area contributed by atoms with E-state index < -0.39 is 6.29 Å². The summed E-state index contributed by atoms with van der Waals surface area (Å²) in [7, 11) is 0. The SMILES string of the molecule is CCC(C)(CC)OC(O)C(C)C. The van der Waals surface area contributed by atoms with E-state index >= 15 is 0 Å². The maximum Gasteiger partial charge on any atom is 0.157 e. The van der Waals surface area contributed by atoms with E-state index in [4.69, 9.17) is 4.74 Å². The molecular formula is C10H22O2. The lowest BCUT2D eigenvalue weighted by molar-refractivity contribution is -0.200. The minimum Gasteiger partial charge on any atom is -0.368 e. The molecule has 2 heteroatoms. The maximum atomic E-state index is 9.50. The number of hydrogen-bond acceptors (Lipinski definition) is 2. The second-order valence-corrected chi connectivity index (χ2v) is 3.91. The van der Waals surface area contributed by atoms with Gasteiger partial charge in [-0.15, -0.1) is 0 Å². The fourth-order valence-corrected chi connectivity index (χ4v) is 0.844. The third-order valence-electron chi connectivity index (χ3n) is 2.47. The van der Waals surface area contributed by atoms with Crippen LogP contribution < -0.4 is 0 Å². The predicted octanol–water partition coefficient (Wildman–Crippen LogP) is 2.56. The first-order valence-electron chi connectivity index (χ1n) is 4.81. The molecule has 0 aromatic rings. The average Bonchev–Trinajstić information content (AvgIpc) is 2.04. The summed E-state index contributed by atoms with van der Waals surface area (Å²) in [5, 5.41) is 9.50. The maximum absolute atomic E-state index is 9.50. The third-order valence-corrected chi connectivity index (χ3v) is 2.47. The topological polar surface area (TPSA) is 29.5 Å². The highest BCUT2D eigenvalue weighted by Crippen LogP contribution is 2.22. The Kier molecular flexibility index (Phi) is 4.80. The van der Waals surface area contributed by atoms with Crippen LogP contribution in [0, 0.1) is 5.92 Å². The van der Waals surface area contributed by atoms with Crippen LogP contribution in [0.2, 0.25) is 0 Å². The molecule has 0 rings (SSSR count). The fraction of sp³-hybridized carbons (Fsp3) is 1.00. The van der Waals surface area contributed by atoms with Gasteiger partial charge in [-0.3, -0.25) is 0 Å². The zero-order valence-electron chi connectivity index (χ0n) is 8.92. The Balaban J connectivity index is 4.02. The summed E-state index contributed by atoms with van der Waals surface area (Å²) in [6, 6.07) is 0. The smallest absolute Gasteiger partial charge is 0.157 e. The van der Waals surface area contributed by atoms with Gasteiger partial charge in [-0.05, 0) is 19.8 Å². The van der Waals surface area contributed by atoms with Crippen molar-refractivity contribution in [3.8, 4) is 0 Å². The second-order valence-electron chi connectivity index (χ2n) is 3.91. The summed E-state index contributed by atoms with van der Waals surface area (Å²) in [6.07, 6.45) is 1.25. The van der Waals surface area contributed by atoms with Gasteiger partial charge in [-0.2, -0.15) is 0 Å². The molecule has 0 bridgehead atoms. The summed E-state index contributed by atoms with van der Waals surface area (Å²) in [4.78, 5) is 0. The summed E-state index contributed by atoms with van der Waals surface area (Å²) in [5.74, 6) is 0.169. The third kappa shape index (κ3) is 3.55. The van der Waals surface area contributed by atoms with Crippen LogP contribution in [-0.4, -0.2) is 17.0 Å². The minimum absolute atomic E-state index is 0.163. The molecule has 1 N–H and O–H groups in total. The first-order valence-corrected chi connectivity index (χ1v) is 4.81. The second kappa shape index (κ2) is 4.83. The Labute approximate surface area is 75.9 Å². The van der Waals surface area contributed by atoms with Crippen molar-refractivity contribution in [3.05, 3.63) is 0 Å². The van der Waals surface area contributed by atoms with Crippen molar-refractivity contribution in [1.29, 1.82) is 0 Å². The van der Waals surface area contributed by atoms with Crippen molar-refractivity contribution in [2.24, 2.45) is 5.92 Å². The van der Waals surface area contributed by atoms with Gasteiger partial charge in [0.1, 0.15) is 0 Å². The lowest BCUT2D eigenvalue weighted by Crippen LogP contribution is -2.34. The van der Waals surface area contributed by atoms with E-state index in [0.29, 0.717) is 0 Å². The minimum atomic E-state index is -0.630. The Bertz CT molecular complexity index is 117. The van der Waals surface area contributed by atoms with E-state index in [0.717, 1.165) is 12.8 Å². The van der Waals surface area contributed by atoms with E-state index in [1.54, 1.807) is 0 Å². The van der Waals surface area contributed by atoms with Crippen LogP contribution in [0.5, 0.6) is 0 Å². The van der Waals surface area contributed by atoms with E-state index in [-0.39, 0.29) is 11.5 Å². The Morgan fingerprint density at radius 3 is 1.92 bits per heavy atom. The highest BCUT2D eigenvalue weighted by atomic mass is 16.6. The van der Waals surface area contributed by atoms with Crippen molar-refractivity contribution >= 4 is 0 Å². The van der Waals surface area contributed by atoms with Gasteiger partial charge in [-0.25, -0.2) is 0 Å². The molecular weight excluding hydrogens is 152 g/mol. The van der Waals surface area contributed by atoms with E-state index in [1.807, 2.05) is 20.8 Å². The normalized spacial score (nSPS) is 15.2. The number of aliphatic hydroxyl groups is 1. The molecule has 0 spiro atoms. The zero-order chi connectivity index (χ0) is 9.78. The monoisotopic (exact) mass is 174 g/mol. The van der Waals surface area contributed by atoms with Gasteiger partial charge in [0.25, 0.3) is 0 Å². The average molecular weight is 174 g/mol. The van der Waals surface area contributed by atoms with Crippen LogP contribution >= 0.6 is 0 Å². The van der Waals surface area contributed by atoms with Crippen LogP contribution in [0.1, 0.15) is 47.5 Å². The lowest BCUT2D eigenvalue weighted by atomic mass is 10.00. The van der Waals surface area contributed by atoms with Crippen molar-refractivity contribution in [2.45, 2.75) is 59.4 Å². The Morgan fingerprint density at radius 1 is 1.25 bits per heavy atom. The van der Waals surface area contributed by atoms with Crippen molar-refractivity contribution in [3.63, 3.8) is 0 Å². The first-order chi connectivity index (χ1) is 5.45. The summed E-state index contributed by atoms with van der Waals surface area (Å²) >= 11 is 0. The number of aliphatic hydroxyl groups excluding tert-OH is 1. The molecule has 0 amide bonds. The molecule has 0 heterocycles. The highest BCUT2D eigenvalue weighted by Gasteiger charge is 2.25. The number of rotatable bonds is 5. The first kappa shape index (κ1) is 11.9. The molecule has 0 aromatic carbocycles. The van der Waals surface area contributed by atoms with Crippen molar-refractivity contribution in [1.82, 2.24) is 0 Å². The Morgan fingerprint density at radius 2 is 1.67 bits per heavy atom. The molecule has 0 aliphatic heterocycles. The van der Waals surface area contributed by atoms with Gasteiger partial charge < -0.3 is 9.84 Å². The van der Waals surface area contributed by atoms with Gasteiger partial charge >= 0.3 is 0 Å². The van der Waals surface area contributed by atoms with E-state index in [2.05, 4.69) is 13.8 Å². The van der Waals surface area contributed by atoms with Gasteiger partial charge in [0, 0.05) is 5.92 Å². The predicted molar refractivity (Wildman–Crippen MR) is 50.9 cm³/mol. The van der Waals surface area contributed by atoms with Crippen molar-refractivity contribution in [2.75, 3.05) is 0 Å². The molecule has 1 atom stereocenters. The summed E-state index contributed by atoms with van der Waals surface area (Å²) in [5.41, 5.74) is -0.163. The molecule has 0 saturated carbocycles. The molecule has 74 valence electrons.